The Hall–Kier alpha value is -1.21. The zero-order chi connectivity index (χ0) is 16.5. The van der Waals surface area contributed by atoms with Crippen molar-refractivity contribution in [2.24, 2.45) is 0 Å². The van der Waals surface area contributed by atoms with Crippen molar-refractivity contribution in [3.63, 3.8) is 0 Å². The Labute approximate surface area is 137 Å². The number of amides is 1. The largest absolute Gasteiger partial charge is 0.350 e. The van der Waals surface area contributed by atoms with Crippen LogP contribution in [0.1, 0.15) is 52.3 Å². The number of carbonyl (C=O) groups excluding carboxylic acids is 1. The number of rotatable bonds is 6. The van der Waals surface area contributed by atoms with Crippen LogP contribution in [0.25, 0.3) is 0 Å². The minimum atomic E-state index is -0.211. The maximum atomic E-state index is 12.0. The highest BCUT2D eigenvalue weighted by Crippen LogP contribution is 2.39. The Kier molecular flexibility index (Phi) is 5.07. The second kappa shape index (κ2) is 6.50. The van der Waals surface area contributed by atoms with Crippen LogP contribution in [0.4, 0.5) is 0 Å². The third-order valence-corrected chi connectivity index (χ3v) is 3.94. The molecule has 0 atom stereocenters. The fraction of sp³-hybridized carbons (Fsp3) is 0.800. The van der Waals surface area contributed by atoms with Crippen molar-refractivity contribution in [3.8, 4) is 0 Å². The highest BCUT2D eigenvalue weighted by molar-refractivity contribution is 7.71. The maximum Gasteiger partial charge on any atom is 0.234 e. The van der Waals surface area contributed by atoms with E-state index in [1.165, 1.54) is 12.8 Å². The number of likely N-dealkylation sites (N-methyl/N-ethyl adjacent to an activating group) is 1. The van der Waals surface area contributed by atoms with E-state index in [1.807, 2.05) is 37.4 Å². The molecular weight excluding hydrogens is 298 g/mol. The first-order valence-corrected chi connectivity index (χ1v) is 8.29. The average molecular weight is 325 g/mol. The minimum absolute atomic E-state index is 0.0128. The Morgan fingerprint density at radius 3 is 2.59 bits per heavy atom. The summed E-state index contributed by atoms with van der Waals surface area (Å²) in [4.78, 5) is 13.9. The summed E-state index contributed by atoms with van der Waals surface area (Å²) in [6.45, 7) is 9.73. The van der Waals surface area contributed by atoms with Crippen LogP contribution in [0.15, 0.2) is 0 Å². The molecule has 0 saturated heterocycles. The summed E-state index contributed by atoms with van der Waals surface area (Å²) in [5.74, 6) is 1.68. The van der Waals surface area contributed by atoms with Crippen molar-refractivity contribution in [2.75, 3.05) is 13.6 Å². The predicted octanol–water partition coefficient (Wildman–Crippen LogP) is 2.12. The number of hydrogen-bond donors (Lipinski definition) is 1. The summed E-state index contributed by atoms with van der Waals surface area (Å²) in [6.07, 6.45) is 2.41. The van der Waals surface area contributed by atoms with Gasteiger partial charge in [-0.1, -0.05) is 0 Å². The summed E-state index contributed by atoms with van der Waals surface area (Å²) in [5.41, 5.74) is -0.211. The monoisotopic (exact) mass is 325 g/mol. The second-order valence-electron chi connectivity index (χ2n) is 7.11. The quantitative estimate of drug-likeness (QED) is 0.814. The van der Waals surface area contributed by atoms with E-state index in [0.29, 0.717) is 19.1 Å². The molecule has 2 rings (SSSR count). The van der Waals surface area contributed by atoms with Crippen LogP contribution in [-0.2, 0) is 18.0 Å². The van der Waals surface area contributed by atoms with Gasteiger partial charge in [0.15, 0.2) is 4.77 Å². The molecule has 1 fully saturated rings. The van der Waals surface area contributed by atoms with E-state index >= 15 is 0 Å². The van der Waals surface area contributed by atoms with Crippen LogP contribution < -0.4 is 5.32 Å². The van der Waals surface area contributed by atoms with Gasteiger partial charge < -0.3 is 9.88 Å². The molecule has 1 aliphatic rings. The van der Waals surface area contributed by atoms with E-state index in [0.717, 1.165) is 17.1 Å². The van der Waals surface area contributed by atoms with E-state index in [4.69, 9.17) is 12.2 Å². The molecule has 0 aliphatic heterocycles. The number of nitrogens with zero attached hydrogens (tertiary/aromatic N) is 4. The summed E-state index contributed by atoms with van der Waals surface area (Å²) in [7, 11) is 1.91. The van der Waals surface area contributed by atoms with Crippen LogP contribution in [0.2, 0.25) is 0 Å². The Balaban J connectivity index is 2.01. The van der Waals surface area contributed by atoms with Crippen LogP contribution in [0.5, 0.6) is 0 Å². The van der Waals surface area contributed by atoms with E-state index in [1.54, 1.807) is 0 Å². The minimum Gasteiger partial charge on any atom is -0.350 e. The van der Waals surface area contributed by atoms with E-state index in [9.17, 15) is 4.79 Å². The Morgan fingerprint density at radius 1 is 1.45 bits per heavy atom. The standard InChI is InChI=1S/C15H27N5OS/c1-6-19-13(11-7-8-11)17-20(14(19)22)10-18(5)9-12(21)16-15(2,3)4/h11H,6-10H2,1-5H3,(H,16,21). The second-order valence-corrected chi connectivity index (χ2v) is 7.48. The summed E-state index contributed by atoms with van der Waals surface area (Å²) < 4.78 is 4.68. The first-order valence-electron chi connectivity index (χ1n) is 7.88. The molecule has 1 N–H and O–H groups in total. The van der Waals surface area contributed by atoms with Crippen molar-refractivity contribution in [1.82, 2.24) is 24.6 Å². The van der Waals surface area contributed by atoms with Crippen LogP contribution in [-0.4, -0.2) is 44.3 Å². The van der Waals surface area contributed by atoms with Gasteiger partial charge in [-0.3, -0.25) is 9.69 Å². The zero-order valence-corrected chi connectivity index (χ0v) is 15.0. The van der Waals surface area contributed by atoms with Crippen molar-refractivity contribution in [2.45, 2.75) is 65.2 Å². The molecule has 0 spiro atoms. The van der Waals surface area contributed by atoms with Gasteiger partial charge in [0.1, 0.15) is 5.82 Å². The lowest BCUT2D eigenvalue weighted by molar-refractivity contribution is -0.123. The van der Waals surface area contributed by atoms with E-state index in [2.05, 4.69) is 21.9 Å². The fourth-order valence-corrected chi connectivity index (χ4v) is 2.79. The van der Waals surface area contributed by atoms with Crippen molar-refractivity contribution in [1.29, 1.82) is 0 Å². The third kappa shape index (κ3) is 4.39. The molecule has 0 bridgehead atoms. The van der Waals surface area contributed by atoms with E-state index in [-0.39, 0.29) is 11.4 Å². The maximum absolute atomic E-state index is 12.0. The molecule has 1 aliphatic carbocycles. The third-order valence-electron chi connectivity index (χ3n) is 3.51. The van der Waals surface area contributed by atoms with Gasteiger partial charge in [-0.2, -0.15) is 5.10 Å². The van der Waals surface area contributed by atoms with Crippen LogP contribution in [0, 0.1) is 4.77 Å². The molecule has 6 nitrogen and oxygen atoms in total. The van der Waals surface area contributed by atoms with Gasteiger partial charge in [0.25, 0.3) is 0 Å². The van der Waals surface area contributed by atoms with Crippen molar-refractivity contribution >= 4 is 18.1 Å². The number of hydrogen-bond acceptors (Lipinski definition) is 4. The van der Waals surface area contributed by atoms with Gasteiger partial charge in [-0.05, 0) is 59.8 Å². The predicted molar refractivity (Wildman–Crippen MR) is 89.2 cm³/mol. The highest BCUT2D eigenvalue weighted by atomic mass is 32.1. The van der Waals surface area contributed by atoms with Gasteiger partial charge in [0.05, 0.1) is 13.2 Å². The Bertz CT molecular complexity index is 594. The van der Waals surface area contributed by atoms with Gasteiger partial charge in [0.2, 0.25) is 5.91 Å². The summed E-state index contributed by atoms with van der Waals surface area (Å²) in [6, 6.07) is 0. The molecule has 22 heavy (non-hydrogen) atoms. The van der Waals surface area contributed by atoms with Crippen LogP contribution >= 0.6 is 12.2 Å². The smallest absolute Gasteiger partial charge is 0.234 e. The van der Waals surface area contributed by atoms with Gasteiger partial charge in [-0.15, -0.1) is 0 Å². The zero-order valence-electron chi connectivity index (χ0n) is 14.2. The first kappa shape index (κ1) is 17.1. The number of carbonyl (C=O) groups is 1. The molecule has 0 unspecified atom stereocenters. The highest BCUT2D eigenvalue weighted by Gasteiger charge is 2.29. The van der Waals surface area contributed by atoms with Crippen molar-refractivity contribution in [3.05, 3.63) is 10.6 Å². The lowest BCUT2D eigenvalue weighted by Gasteiger charge is -2.23. The lowest BCUT2D eigenvalue weighted by Crippen LogP contribution is -2.45. The number of nitrogens with one attached hydrogen (secondary N) is 1. The van der Waals surface area contributed by atoms with Crippen molar-refractivity contribution < 1.29 is 4.79 Å². The molecule has 1 saturated carbocycles. The number of aromatic nitrogens is 3. The molecule has 0 radical (unpaired) electrons. The molecule has 0 aromatic carbocycles. The van der Waals surface area contributed by atoms with Gasteiger partial charge in [0, 0.05) is 18.0 Å². The molecule has 1 amide bonds. The molecule has 1 aromatic rings. The normalized spacial score (nSPS) is 15.4. The molecular formula is C15H27N5OS. The topological polar surface area (TPSA) is 55.1 Å². The first-order chi connectivity index (χ1) is 10.2. The average Bonchev–Trinajstić information content (AvgIpc) is 3.14. The van der Waals surface area contributed by atoms with E-state index < -0.39 is 0 Å². The molecule has 1 heterocycles. The SMILES string of the molecule is CCn1c(C2CC2)nn(CN(C)CC(=O)NC(C)(C)C)c1=S. The molecule has 1 aromatic heterocycles. The molecule has 124 valence electrons. The van der Waals surface area contributed by atoms with Gasteiger partial charge in [-0.25, -0.2) is 4.68 Å². The molecule has 7 heteroatoms. The lowest BCUT2D eigenvalue weighted by atomic mass is 10.1. The van der Waals surface area contributed by atoms with Gasteiger partial charge >= 0.3 is 0 Å². The summed E-state index contributed by atoms with van der Waals surface area (Å²) in [5, 5.41) is 7.63. The summed E-state index contributed by atoms with van der Waals surface area (Å²) >= 11 is 5.51. The Morgan fingerprint density at radius 2 is 2.09 bits per heavy atom. The fourth-order valence-electron chi connectivity index (χ4n) is 2.47. The van der Waals surface area contributed by atoms with Crippen LogP contribution in [0.3, 0.4) is 0 Å².